The normalized spacial score (nSPS) is 19.8. The van der Waals surface area contributed by atoms with Gasteiger partial charge in [-0.05, 0) is 24.3 Å². The standard InChI is InChI=1S/C6H10N2O2S2.ClH/c1-4-2-12(9,10)3-5(4)11-6(7)8;/h2-3H2,1H3,(H3,7,8);1H. The SMILES string of the molecule is CC1=C(SC(N)=[NH2+])CS(=O)(=O)C1.[Cl-]. The van der Waals surface area contributed by atoms with Gasteiger partial charge in [0.25, 0.3) is 0 Å². The quantitative estimate of drug-likeness (QED) is 0.359. The van der Waals surface area contributed by atoms with Gasteiger partial charge < -0.3 is 12.4 Å². The lowest BCUT2D eigenvalue weighted by atomic mass is 10.3. The number of thioether (sulfide) groups is 1. The van der Waals surface area contributed by atoms with Gasteiger partial charge in [0, 0.05) is 4.91 Å². The van der Waals surface area contributed by atoms with Crippen molar-refractivity contribution in [1.29, 1.82) is 0 Å². The van der Waals surface area contributed by atoms with Crippen LogP contribution in [0.5, 0.6) is 0 Å². The molecular formula is C6H11ClN2O2S2. The van der Waals surface area contributed by atoms with E-state index in [4.69, 9.17) is 11.1 Å². The average molecular weight is 243 g/mol. The fourth-order valence-corrected chi connectivity index (χ4v) is 4.02. The third-order valence-electron chi connectivity index (χ3n) is 1.50. The molecule has 0 unspecified atom stereocenters. The summed E-state index contributed by atoms with van der Waals surface area (Å²) in [6.45, 7) is 1.79. The van der Waals surface area contributed by atoms with Gasteiger partial charge in [-0.1, -0.05) is 0 Å². The Bertz CT molecular complexity index is 348. The van der Waals surface area contributed by atoms with Gasteiger partial charge in [-0.3, -0.25) is 11.1 Å². The maximum atomic E-state index is 11.1. The molecule has 0 aromatic rings. The van der Waals surface area contributed by atoms with Crippen LogP contribution in [0.3, 0.4) is 0 Å². The Morgan fingerprint density at radius 1 is 1.54 bits per heavy atom. The van der Waals surface area contributed by atoms with Crippen LogP contribution in [0.4, 0.5) is 0 Å². The van der Waals surface area contributed by atoms with E-state index in [0.29, 0.717) is 0 Å². The molecule has 7 heteroatoms. The molecule has 0 radical (unpaired) electrons. The van der Waals surface area contributed by atoms with Gasteiger partial charge in [-0.25, -0.2) is 8.42 Å². The van der Waals surface area contributed by atoms with E-state index in [0.717, 1.165) is 22.2 Å². The fourth-order valence-electron chi connectivity index (χ4n) is 1.04. The smallest absolute Gasteiger partial charge is 0.304 e. The predicted molar refractivity (Wildman–Crippen MR) is 50.1 cm³/mol. The van der Waals surface area contributed by atoms with Gasteiger partial charge in [0.05, 0.1) is 11.5 Å². The molecule has 13 heavy (non-hydrogen) atoms. The minimum absolute atomic E-state index is 0. The monoisotopic (exact) mass is 242 g/mol. The molecule has 0 saturated heterocycles. The molecule has 0 aliphatic carbocycles. The maximum Gasteiger partial charge on any atom is 0.304 e. The molecule has 0 bridgehead atoms. The van der Waals surface area contributed by atoms with Crippen LogP contribution in [0.2, 0.25) is 0 Å². The first-order valence-corrected chi connectivity index (χ1v) is 5.99. The highest BCUT2D eigenvalue weighted by molar-refractivity contribution is 8.17. The van der Waals surface area contributed by atoms with Crippen molar-refractivity contribution in [2.75, 3.05) is 11.5 Å². The van der Waals surface area contributed by atoms with Gasteiger partial charge in [0.1, 0.15) is 0 Å². The highest BCUT2D eigenvalue weighted by Crippen LogP contribution is 2.27. The first-order valence-electron chi connectivity index (χ1n) is 3.35. The maximum absolute atomic E-state index is 11.1. The number of sulfone groups is 1. The molecule has 0 atom stereocenters. The molecule has 0 spiro atoms. The van der Waals surface area contributed by atoms with Crippen LogP contribution < -0.4 is 23.5 Å². The third-order valence-corrected chi connectivity index (χ3v) is 4.26. The minimum atomic E-state index is -2.91. The van der Waals surface area contributed by atoms with Crippen LogP contribution in [0.1, 0.15) is 6.92 Å². The van der Waals surface area contributed by atoms with Crippen LogP contribution in [0.25, 0.3) is 0 Å². The lowest BCUT2D eigenvalue weighted by molar-refractivity contribution is -0.110. The number of hydrogen-bond donors (Lipinski definition) is 2. The molecule has 1 aliphatic heterocycles. The summed E-state index contributed by atoms with van der Waals surface area (Å²) in [6, 6.07) is 0. The molecule has 1 aliphatic rings. The topological polar surface area (TPSA) is 85.8 Å². The third kappa shape index (κ3) is 3.58. The highest BCUT2D eigenvalue weighted by atomic mass is 35.5. The molecule has 76 valence electrons. The molecule has 1 rings (SSSR count). The zero-order valence-corrected chi connectivity index (χ0v) is 9.47. The van der Waals surface area contributed by atoms with Crippen LogP contribution in [-0.2, 0) is 9.84 Å². The Morgan fingerprint density at radius 3 is 2.38 bits per heavy atom. The van der Waals surface area contributed by atoms with Gasteiger partial charge in [-0.15, -0.1) is 0 Å². The molecule has 0 fully saturated rings. The van der Waals surface area contributed by atoms with E-state index >= 15 is 0 Å². The van der Waals surface area contributed by atoms with Gasteiger partial charge in [-0.2, -0.15) is 0 Å². The molecule has 0 amide bonds. The summed E-state index contributed by atoms with van der Waals surface area (Å²) in [5, 5.41) is 5.45. The summed E-state index contributed by atoms with van der Waals surface area (Å²) in [7, 11) is -2.91. The summed E-state index contributed by atoms with van der Waals surface area (Å²) in [4.78, 5) is 0.773. The Kier molecular flexibility index (Phi) is 4.28. The molecule has 4 N–H and O–H groups in total. The second-order valence-electron chi connectivity index (χ2n) is 2.74. The van der Waals surface area contributed by atoms with Crippen molar-refractivity contribution in [3.8, 4) is 0 Å². The van der Waals surface area contributed by atoms with Crippen molar-refractivity contribution < 1.29 is 26.2 Å². The Morgan fingerprint density at radius 2 is 2.08 bits per heavy atom. The zero-order valence-electron chi connectivity index (χ0n) is 7.08. The summed E-state index contributed by atoms with van der Waals surface area (Å²) in [6.07, 6.45) is 0. The van der Waals surface area contributed by atoms with Gasteiger partial charge in [0.2, 0.25) is 0 Å². The largest absolute Gasteiger partial charge is 1.00 e. The minimum Gasteiger partial charge on any atom is -1.00 e. The van der Waals surface area contributed by atoms with E-state index in [9.17, 15) is 8.42 Å². The van der Waals surface area contributed by atoms with E-state index in [2.05, 4.69) is 0 Å². The number of hydrogen-bond acceptors (Lipinski definition) is 3. The van der Waals surface area contributed by atoms with Crippen LogP contribution in [0, 0.1) is 0 Å². The van der Waals surface area contributed by atoms with E-state index in [1.165, 1.54) is 0 Å². The van der Waals surface area contributed by atoms with Gasteiger partial charge >= 0.3 is 5.17 Å². The van der Waals surface area contributed by atoms with E-state index in [-0.39, 0.29) is 29.1 Å². The van der Waals surface area contributed by atoms with Crippen LogP contribution in [0.15, 0.2) is 10.5 Å². The highest BCUT2D eigenvalue weighted by Gasteiger charge is 2.26. The van der Waals surface area contributed by atoms with Crippen LogP contribution >= 0.6 is 11.8 Å². The summed E-state index contributed by atoms with van der Waals surface area (Å²) < 4.78 is 22.2. The Labute approximate surface area is 87.8 Å². The molecule has 1 heterocycles. The van der Waals surface area contributed by atoms with Crippen molar-refractivity contribution in [3.05, 3.63) is 10.5 Å². The summed E-state index contributed by atoms with van der Waals surface area (Å²) in [5.41, 5.74) is 6.11. The van der Waals surface area contributed by atoms with Crippen molar-refractivity contribution >= 4 is 26.8 Å². The van der Waals surface area contributed by atoms with E-state index in [1.807, 2.05) is 0 Å². The second-order valence-corrected chi connectivity index (χ2v) is 5.97. The summed E-state index contributed by atoms with van der Waals surface area (Å²) in [5.74, 6) is 0.226. The van der Waals surface area contributed by atoms with Crippen molar-refractivity contribution in [2.45, 2.75) is 6.92 Å². The summed E-state index contributed by atoms with van der Waals surface area (Å²) >= 11 is 1.15. The number of rotatable bonds is 1. The Hall–Kier alpha value is -0.200. The Balaban J connectivity index is 0.00000144. The lowest BCUT2D eigenvalue weighted by Crippen LogP contribution is -3.00. The first kappa shape index (κ1) is 12.8. The lowest BCUT2D eigenvalue weighted by Gasteiger charge is -1.94. The second kappa shape index (κ2) is 4.34. The van der Waals surface area contributed by atoms with Crippen molar-refractivity contribution in [2.24, 2.45) is 5.73 Å². The average Bonchev–Trinajstić information content (AvgIpc) is 2.03. The van der Waals surface area contributed by atoms with Crippen LogP contribution in [-0.4, -0.2) is 25.1 Å². The van der Waals surface area contributed by atoms with Crippen molar-refractivity contribution in [3.63, 3.8) is 0 Å². The fraction of sp³-hybridized carbons (Fsp3) is 0.500. The molecule has 0 saturated carbocycles. The number of halogens is 1. The van der Waals surface area contributed by atoms with E-state index < -0.39 is 9.84 Å². The zero-order chi connectivity index (χ0) is 9.35. The number of nitrogens with two attached hydrogens (primary N) is 2. The number of amidine groups is 1. The van der Waals surface area contributed by atoms with Gasteiger partial charge in [0.15, 0.2) is 9.84 Å². The van der Waals surface area contributed by atoms with Crippen molar-refractivity contribution in [1.82, 2.24) is 0 Å². The molecular weight excluding hydrogens is 232 g/mol. The molecule has 0 aromatic carbocycles. The first-order chi connectivity index (χ1) is 5.41. The van der Waals surface area contributed by atoms with E-state index in [1.54, 1.807) is 6.92 Å². The molecule has 4 nitrogen and oxygen atoms in total. The predicted octanol–water partition coefficient (Wildman–Crippen LogP) is -4.50. The molecule has 0 aromatic heterocycles.